The zero-order chi connectivity index (χ0) is 13.2. The molecule has 0 saturated carbocycles. The summed E-state index contributed by atoms with van der Waals surface area (Å²) in [7, 11) is 4.12. The average molecular weight is 252 g/mol. The van der Waals surface area contributed by atoms with Crippen molar-refractivity contribution in [3.63, 3.8) is 0 Å². The number of benzene rings is 2. The van der Waals surface area contributed by atoms with Crippen molar-refractivity contribution in [2.75, 3.05) is 30.9 Å². The molecule has 0 saturated heterocycles. The van der Waals surface area contributed by atoms with E-state index in [1.54, 1.807) is 0 Å². The molecule has 0 radical (unpaired) electrons. The summed E-state index contributed by atoms with van der Waals surface area (Å²) in [6, 6.07) is 15.6. The third-order valence-electron chi connectivity index (χ3n) is 3.92. The number of likely N-dealkylation sites (N-methyl/N-ethyl adjacent to an activating group) is 1. The minimum atomic E-state index is 1.01. The van der Waals surface area contributed by atoms with Crippen LogP contribution >= 0.6 is 0 Å². The third-order valence-corrected chi connectivity index (χ3v) is 3.92. The molecule has 1 aliphatic rings. The average Bonchev–Trinajstić information content (AvgIpc) is 2.81. The van der Waals surface area contributed by atoms with E-state index < -0.39 is 0 Å². The normalized spacial score (nSPS) is 13.5. The van der Waals surface area contributed by atoms with Crippen molar-refractivity contribution in [3.8, 4) is 0 Å². The van der Waals surface area contributed by atoms with Crippen LogP contribution in [0.15, 0.2) is 42.5 Å². The maximum Gasteiger partial charge on any atom is 0.0397 e. The zero-order valence-electron chi connectivity index (χ0n) is 11.6. The van der Waals surface area contributed by atoms with Gasteiger partial charge in [0.05, 0.1) is 0 Å². The van der Waals surface area contributed by atoms with E-state index in [2.05, 4.69) is 59.7 Å². The fourth-order valence-electron chi connectivity index (χ4n) is 2.76. The molecule has 2 aromatic rings. The number of fused-ring (bicyclic) bond motifs is 1. The molecule has 0 fully saturated rings. The molecule has 0 unspecified atom stereocenters. The van der Waals surface area contributed by atoms with Gasteiger partial charge in [0.15, 0.2) is 0 Å². The van der Waals surface area contributed by atoms with Crippen LogP contribution in [0.2, 0.25) is 0 Å². The summed E-state index contributed by atoms with van der Waals surface area (Å²) in [5.74, 6) is 0. The van der Waals surface area contributed by atoms with E-state index in [4.69, 9.17) is 0 Å². The van der Waals surface area contributed by atoms with Crippen molar-refractivity contribution in [1.29, 1.82) is 0 Å². The van der Waals surface area contributed by atoms with Crippen LogP contribution in [-0.4, -0.2) is 20.6 Å². The van der Waals surface area contributed by atoms with E-state index in [0.29, 0.717) is 0 Å². The molecule has 1 aliphatic heterocycles. The number of rotatable bonds is 3. The highest BCUT2D eigenvalue weighted by Crippen LogP contribution is 2.28. The number of hydrogen-bond donors (Lipinski definition) is 1. The minimum absolute atomic E-state index is 1.01. The van der Waals surface area contributed by atoms with Gasteiger partial charge in [-0.2, -0.15) is 0 Å². The molecule has 2 nitrogen and oxygen atoms in total. The van der Waals surface area contributed by atoms with E-state index in [1.807, 2.05) is 7.05 Å². The van der Waals surface area contributed by atoms with Crippen LogP contribution in [0.25, 0.3) is 0 Å². The molecule has 0 spiro atoms. The second kappa shape index (κ2) is 4.96. The largest absolute Gasteiger partial charge is 0.388 e. The van der Waals surface area contributed by atoms with Crippen LogP contribution in [0, 0.1) is 0 Å². The summed E-state index contributed by atoms with van der Waals surface area (Å²) in [4.78, 5) is 2.33. The number of nitrogens with one attached hydrogen (secondary N) is 1. The third kappa shape index (κ3) is 2.43. The number of anilines is 2. The van der Waals surface area contributed by atoms with Gasteiger partial charge in [0.1, 0.15) is 0 Å². The summed E-state index contributed by atoms with van der Waals surface area (Å²) < 4.78 is 0. The molecule has 0 aromatic heterocycles. The van der Waals surface area contributed by atoms with Crippen molar-refractivity contribution >= 4 is 11.4 Å². The van der Waals surface area contributed by atoms with Gasteiger partial charge in [-0.1, -0.05) is 24.3 Å². The Balaban J connectivity index is 1.79. The fourth-order valence-corrected chi connectivity index (χ4v) is 2.76. The van der Waals surface area contributed by atoms with Gasteiger partial charge >= 0.3 is 0 Å². The van der Waals surface area contributed by atoms with Crippen molar-refractivity contribution in [3.05, 3.63) is 59.2 Å². The second-order valence-electron chi connectivity index (χ2n) is 5.26. The van der Waals surface area contributed by atoms with Crippen LogP contribution in [0.5, 0.6) is 0 Å². The Hall–Kier alpha value is -1.96. The lowest BCUT2D eigenvalue weighted by molar-refractivity contribution is 0.956. The molecule has 0 aliphatic carbocycles. The Bertz CT molecular complexity index is 572. The molecule has 98 valence electrons. The first-order valence-corrected chi connectivity index (χ1v) is 6.86. The monoisotopic (exact) mass is 252 g/mol. The molecular formula is C17H20N2. The number of hydrogen-bond acceptors (Lipinski definition) is 2. The molecule has 1 heterocycles. The molecule has 0 amide bonds. The molecular weight excluding hydrogens is 232 g/mol. The zero-order valence-corrected chi connectivity index (χ0v) is 11.6. The first-order valence-electron chi connectivity index (χ1n) is 6.86. The second-order valence-corrected chi connectivity index (χ2v) is 5.26. The maximum atomic E-state index is 3.15. The summed E-state index contributed by atoms with van der Waals surface area (Å²) >= 11 is 0. The molecule has 2 heteroatoms. The highest BCUT2D eigenvalue weighted by molar-refractivity contribution is 5.58. The molecule has 1 N–H and O–H groups in total. The van der Waals surface area contributed by atoms with Crippen LogP contribution in [-0.2, 0) is 12.8 Å². The van der Waals surface area contributed by atoms with Crippen LogP contribution < -0.4 is 10.2 Å². The van der Waals surface area contributed by atoms with Gasteiger partial charge in [-0.05, 0) is 47.7 Å². The molecule has 0 bridgehead atoms. The van der Waals surface area contributed by atoms with Gasteiger partial charge in [-0.3, -0.25) is 0 Å². The van der Waals surface area contributed by atoms with E-state index in [1.165, 1.54) is 34.5 Å². The predicted molar refractivity (Wildman–Crippen MR) is 82.2 cm³/mol. The maximum absolute atomic E-state index is 3.15. The van der Waals surface area contributed by atoms with Crippen molar-refractivity contribution in [1.82, 2.24) is 0 Å². The predicted octanol–water partition coefficient (Wildman–Crippen LogP) is 3.31. The van der Waals surface area contributed by atoms with Crippen LogP contribution in [0.3, 0.4) is 0 Å². The van der Waals surface area contributed by atoms with Gasteiger partial charge in [-0.15, -0.1) is 0 Å². The van der Waals surface area contributed by atoms with E-state index in [9.17, 15) is 0 Å². The van der Waals surface area contributed by atoms with Crippen molar-refractivity contribution < 1.29 is 0 Å². The Kier molecular flexibility index (Phi) is 3.16. The van der Waals surface area contributed by atoms with Crippen LogP contribution in [0.4, 0.5) is 11.4 Å². The fraction of sp³-hybridized carbons (Fsp3) is 0.294. The lowest BCUT2D eigenvalue weighted by Gasteiger charge is -2.12. The van der Waals surface area contributed by atoms with Gasteiger partial charge in [0.25, 0.3) is 0 Å². The standard InChI is InChI=1S/C17H20N2/c1-18-16-6-3-13(4-7-16)11-14-5-8-17-15(12-14)9-10-19(17)2/h3-8,12,18H,9-11H2,1-2H3. The minimum Gasteiger partial charge on any atom is -0.388 e. The highest BCUT2D eigenvalue weighted by atomic mass is 15.1. The van der Waals surface area contributed by atoms with Gasteiger partial charge in [0.2, 0.25) is 0 Å². The van der Waals surface area contributed by atoms with Crippen molar-refractivity contribution in [2.45, 2.75) is 12.8 Å². The molecule has 0 atom stereocenters. The van der Waals surface area contributed by atoms with E-state index >= 15 is 0 Å². The summed E-state index contributed by atoms with van der Waals surface area (Å²) in [6.07, 6.45) is 2.19. The Morgan fingerprint density at radius 3 is 2.53 bits per heavy atom. The van der Waals surface area contributed by atoms with Crippen LogP contribution in [0.1, 0.15) is 16.7 Å². The van der Waals surface area contributed by atoms with Gasteiger partial charge in [-0.25, -0.2) is 0 Å². The topological polar surface area (TPSA) is 15.3 Å². The molecule has 19 heavy (non-hydrogen) atoms. The summed E-state index contributed by atoms with van der Waals surface area (Å²) in [5.41, 5.74) is 6.83. The highest BCUT2D eigenvalue weighted by Gasteiger charge is 2.15. The molecule has 3 rings (SSSR count). The lowest BCUT2D eigenvalue weighted by Crippen LogP contribution is -2.12. The SMILES string of the molecule is CNc1ccc(Cc2ccc3c(c2)CCN3C)cc1. The Morgan fingerprint density at radius 1 is 1.05 bits per heavy atom. The molecule has 2 aromatic carbocycles. The van der Waals surface area contributed by atoms with E-state index in [-0.39, 0.29) is 0 Å². The lowest BCUT2D eigenvalue weighted by atomic mass is 10.0. The smallest absolute Gasteiger partial charge is 0.0397 e. The Labute approximate surface area is 115 Å². The first-order chi connectivity index (χ1) is 9.26. The van der Waals surface area contributed by atoms with E-state index in [0.717, 1.165) is 13.0 Å². The quantitative estimate of drug-likeness (QED) is 0.901. The number of nitrogens with zero attached hydrogens (tertiary/aromatic N) is 1. The van der Waals surface area contributed by atoms with Crippen molar-refractivity contribution in [2.24, 2.45) is 0 Å². The Morgan fingerprint density at radius 2 is 1.79 bits per heavy atom. The van der Waals surface area contributed by atoms with Gasteiger partial charge in [0, 0.05) is 32.0 Å². The summed E-state index contributed by atoms with van der Waals surface area (Å²) in [6.45, 7) is 1.15. The van der Waals surface area contributed by atoms with Gasteiger partial charge < -0.3 is 10.2 Å². The first kappa shape index (κ1) is 12.1. The summed E-state index contributed by atoms with van der Waals surface area (Å²) in [5, 5.41) is 3.15.